The number of benzene rings is 1. The van der Waals surface area contributed by atoms with Crippen LogP contribution in [0.3, 0.4) is 0 Å². The number of hydrogen-bond acceptors (Lipinski definition) is 4. The minimum atomic E-state index is 0.124. The summed E-state index contributed by atoms with van der Waals surface area (Å²) in [4.78, 5) is 12.3. The first-order valence-electron chi connectivity index (χ1n) is 6.20. The smallest absolute Gasteiger partial charge is 0.167 e. The van der Waals surface area contributed by atoms with Crippen LogP contribution < -0.4 is 14.8 Å². The van der Waals surface area contributed by atoms with Gasteiger partial charge in [-0.05, 0) is 43.6 Å². The Labute approximate surface area is 107 Å². The Balaban J connectivity index is 2.16. The zero-order chi connectivity index (χ0) is 13.0. The number of hydrogen-bond donors (Lipinski definition) is 1. The molecule has 18 heavy (non-hydrogen) atoms. The highest BCUT2D eigenvalue weighted by atomic mass is 16.5. The molecule has 1 heterocycles. The molecule has 1 saturated heterocycles. The van der Waals surface area contributed by atoms with Crippen LogP contribution in [0.2, 0.25) is 0 Å². The molecule has 0 aliphatic carbocycles. The number of ether oxygens (including phenoxy) is 2. The van der Waals surface area contributed by atoms with E-state index in [2.05, 4.69) is 5.32 Å². The number of methoxy groups -OCH3 is 2. The van der Waals surface area contributed by atoms with Crippen molar-refractivity contribution in [2.24, 2.45) is 5.92 Å². The number of rotatable bonds is 5. The fourth-order valence-electron chi connectivity index (χ4n) is 2.29. The zero-order valence-electron chi connectivity index (χ0n) is 10.9. The summed E-state index contributed by atoms with van der Waals surface area (Å²) >= 11 is 0. The van der Waals surface area contributed by atoms with Gasteiger partial charge < -0.3 is 14.8 Å². The van der Waals surface area contributed by atoms with Crippen LogP contribution in [0.1, 0.15) is 23.2 Å². The number of nitrogens with one attached hydrogen (secondary N) is 1. The average Bonchev–Trinajstić information content (AvgIpc) is 2.90. The quantitative estimate of drug-likeness (QED) is 0.809. The molecule has 2 rings (SSSR count). The summed E-state index contributed by atoms with van der Waals surface area (Å²) in [7, 11) is 3.17. The van der Waals surface area contributed by atoms with Gasteiger partial charge in [0.15, 0.2) is 5.78 Å². The molecule has 1 aliphatic rings. The molecular weight excluding hydrogens is 230 g/mol. The second-order valence-corrected chi connectivity index (χ2v) is 4.55. The van der Waals surface area contributed by atoms with E-state index in [1.165, 1.54) is 0 Å². The maximum Gasteiger partial charge on any atom is 0.167 e. The molecule has 0 saturated carbocycles. The second-order valence-electron chi connectivity index (χ2n) is 4.55. The molecule has 1 aromatic rings. The molecule has 1 atom stereocenters. The van der Waals surface area contributed by atoms with Gasteiger partial charge in [-0.25, -0.2) is 0 Å². The van der Waals surface area contributed by atoms with Crippen molar-refractivity contribution in [1.82, 2.24) is 5.32 Å². The highest BCUT2D eigenvalue weighted by Crippen LogP contribution is 2.27. The number of ketones is 1. The van der Waals surface area contributed by atoms with Gasteiger partial charge in [-0.15, -0.1) is 0 Å². The second kappa shape index (κ2) is 5.87. The highest BCUT2D eigenvalue weighted by Gasteiger charge is 2.21. The molecule has 1 N–H and O–H groups in total. The van der Waals surface area contributed by atoms with Gasteiger partial charge >= 0.3 is 0 Å². The van der Waals surface area contributed by atoms with E-state index in [1.807, 2.05) is 0 Å². The molecule has 1 unspecified atom stereocenters. The van der Waals surface area contributed by atoms with Gasteiger partial charge in [0.1, 0.15) is 11.5 Å². The third-order valence-electron chi connectivity index (χ3n) is 3.34. The maximum absolute atomic E-state index is 12.3. The largest absolute Gasteiger partial charge is 0.497 e. The van der Waals surface area contributed by atoms with Crippen LogP contribution in [0.25, 0.3) is 0 Å². The van der Waals surface area contributed by atoms with Crippen LogP contribution in [-0.2, 0) is 0 Å². The molecule has 1 fully saturated rings. The fraction of sp³-hybridized carbons (Fsp3) is 0.500. The van der Waals surface area contributed by atoms with Crippen LogP contribution in [0.4, 0.5) is 0 Å². The summed E-state index contributed by atoms with van der Waals surface area (Å²) in [5.74, 6) is 1.86. The highest BCUT2D eigenvalue weighted by molar-refractivity contribution is 5.99. The number of carbonyl (C=O) groups excluding carboxylic acids is 1. The van der Waals surface area contributed by atoms with E-state index >= 15 is 0 Å². The zero-order valence-corrected chi connectivity index (χ0v) is 10.9. The fourth-order valence-corrected chi connectivity index (χ4v) is 2.29. The van der Waals surface area contributed by atoms with E-state index in [9.17, 15) is 4.79 Å². The van der Waals surface area contributed by atoms with E-state index in [1.54, 1.807) is 32.4 Å². The number of Topliss-reactive ketones (excluding diaryl/α,β-unsaturated/α-hetero) is 1. The lowest BCUT2D eigenvalue weighted by atomic mass is 9.97. The first-order chi connectivity index (χ1) is 8.74. The van der Waals surface area contributed by atoms with Crippen molar-refractivity contribution in [2.45, 2.75) is 12.8 Å². The van der Waals surface area contributed by atoms with Crippen LogP contribution in [0.15, 0.2) is 18.2 Å². The first-order valence-corrected chi connectivity index (χ1v) is 6.20. The Morgan fingerprint density at radius 1 is 1.39 bits per heavy atom. The summed E-state index contributed by atoms with van der Waals surface area (Å²) in [5.41, 5.74) is 0.615. The molecule has 0 spiro atoms. The molecule has 0 amide bonds. The summed E-state index contributed by atoms with van der Waals surface area (Å²) < 4.78 is 10.4. The van der Waals surface area contributed by atoms with Gasteiger partial charge in [0.05, 0.1) is 19.8 Å². The van der Waals surface area contributed by atoms with Crippen molar-refractivity contribution in [3.63, 3.8) is 0 Å². The lowest BCUT2D eigenvalue weighted by Crippen LogP contribution is -2.13. The van der Waals surface area contributed by atoms with E-state index < -0.39 is 0 Å². The summed E-state index contributed by atoms with van der Waals surface area (Å²) in [6, 6.07) is 5.33. The molecule has 0 radical (unpaired) electrons. The van der Waals surface area contributed by atoms with Gasteiger partial charge in [0.25, 0.3) is 0 Å². The lowest BCUT2D eigenvalue weighted by molar-refractivity contribution is 0.0961. The first kappa shape index (κ1) is 12.9. The van der Waals surface area contributed by atoms with Crippen molar-refractivity contribution >= 4 is 5.78 Å². The predicted molar refractivity (Wildman–Crippen MR) is 69.5 cm³/mol. The SMILES string of the molecule is COc1ccc(OC)c(C(=O)CC2CCNC2)c1. The number of carbonyl (C=O) groups is 1. The van der Waals surface area contributed by atoms with Gasteiger partial charge in [-0.3, -0.25) is 4.79 Å². The Morgan fingerprint density at radius 3 is 2.83 bits per heavy atom. The van der Waals surface area contributed by atoms with Crippen molar-refractivity contribution in [2.75, 3.05) is 27.3 Å². The van der Waals surface area contributed by atoms with E-state index in [4.69, 9.17) is 9.47 Å². The van der Waals surface area contributed by atoms with Gasteiger partial charge in [0.2, 0.25) is 0 Å². The Morgan fingerprint density at radius 2 is 2.22 bits per heavy atom. The van der Waals surface area contributed by atoms with E-state index in [-0.39, 0.29) is 5.78 Å². The standard InChI is InChI=1S/C14H19NO3/c1-17-11-3-4-14(18-2)12(8-11)13(16)7-10-5-6-15-9-10/h3-4,8,10,15H,5-7,9H2,1-2H3. The van der Waals surface area contributed by atoms with Crippen LogP contribution in [-0.4, -0.2) is 33.1 Å². The monoisotopic (exact) mass is 249 g/mol. The van der Waals surface area contributed by atoms with Crippen molar-refractivity contribution in [3.8, 4) is 11.5 Å². The van der Waals surface area contributed by atoms with E-state index in [0.717, 1.165) is 19.5 Å². The lowest BCUT2D eigenvalue weighted by Gasteiger charge is -2.11. The minimum absolute atomic E-state index is 0.124. The van der Waals surface area contributed by atoms with Crippen LogP contribution >= 0.6 is 0 Å². The molecule has 0 bridgehead atoms. The molecule has 4 heteroatoms. The Bertz CT molecular complexity index is 425. The van der Waals surface area contributed by atoms with Crippen molar-refractivity contribution in [3.05, 3.63) is 23.8 Å². The summed E-state index contributed by atoms with van der Waals surface area (Å²) in [6.45, 7) is 1.94. The molecular formula is C14H19NO3. The van der Waals surface area contributed by atoms with Crippen LogP contribution in [0.5, 0.6) is 11.5 Å². The van der Waals surface area contributed by atoms with Gasteiger partial charge in [-0.2, -0.15) is 0 Å². The third kappa shape index (κ3) is 2.82. The van der Waals surface area contributed by atoms with Crippen LogP contribution in [0, 0.1) is 5.92 Å². The summed E-state index contributed by atoms with van der Waals surface area (Å²) in [6.07, 6.45) is 1.63. The van der Waals surface area contributed by atoms with Crippen molar-refractivity contribution < 1.29 is 14.3 Å². The van der Waals surface area contributed by atoms with Gasteiger partial charge in [-0.1, -0.05) is 0 Å². The third-order valence-corrected chi connectivity index (χ3v) is 3.34. The Hall–Kier alpha value is -1.55. The molecule has 1 aromatic carbocycles. The predicted octanol–water partition coefficient (Wildman–Crippen LogP) is 1.89. The minimum Gasteiger partial charge on any atom is -0.497 e. The van der Waals surface area contributed by atoms with Crippen molar-refractivity contribution in [1.29, 1.82) is 0 Å². The molecule has 98 valence electrons. The topological polar surface area (TPSA) is 47.6 Å². The van der Waals surface area contributed by atoms with Gasteiger partial charge in [0, 0.05) is 6.42 Å². The average molecular weight is 249 g/mol. The molecule has 0 aromatic heterocycles. The maximum atomic E-state index is 12.3. The normalized spacial score (nSPS) is 18.7. The molecule has 4 nitrogen and oxygen atoms in total. The molecule has 1 aliphatic heterocycles. The Kier molecular flexibility index (Phi) is 4.20. The summed E-state index contributed by atoms with van der Waals surface area (Å²) in [5, 5.41) is 3.27. The van der Waals surface area contributed by atoms with E-state index in [0.29, 0.717) is 29.4 Å².